The van der Waals surface area contributed by atoms with Crippen LogP contribution in [0.3, 0.4) is 0 Å². The van der Waals surface area contributed by atoms with Crippen molar-refractivity contribution in [3.8, 4) is 0 Å². The van der Waals surface area contributed by atoms with E-state index in [1.807, 2.05) is 6.92 Å². The van der Waals surface area contributed by atoms with Gasteiger partial charge in [0.15, 0.2) is 5.82 Å². The van der Waals surface area contributed by atoms with Crippen molar-refractivity contribution in [2.45, 2.75) is 82.5 Å². The van der Waals surface area contributed by atoms with Gasteiger partial charge in [-0.3, -0.25) is 9.69 Å². The molecule has 0 spiro atoms. The van der Waals surface area contributed by atoms with Crippen molar-refractivity contribution in [2.75, 3.05) is 18.0 Å². The second-order valence-electron chi connectivity index (χ2n) is 10.3. The van der Waals surface area contributed by atoms with Gasteiger partial charge < -0.3 is 14.7 Å². The Hall–Kier alpha value is -1.63. The Balaban J connectivity index is 1.06. The summed E-state index contributed by atoms with van der Waals surface area (Å²) >= 11 is 0. The van der Waals surface area contributed by atoms with Crippen LogP contribution in [0.4, 0.5) is 6.01 Å². The summed E-state index contributed by atoms with van der Waals surface area (Å²) in [6.07, 6.45) is 8.38. The minimum Gasteiger partial charge on any atom is -0.351 e. The number of aromatic nitrogens is 2. The Kier molecular flexibility index (Phi) is 3.66. The number of piperidine rings is 2. The summed E-state index contributed by atoms with van der Waals surface area (Å²) in [6.45, 7) is 6.32. The van der Waals surface area contributed by atoms with Crippen LogP contribution in [0, 0.1) is 24.7 Å². The maximum absolute atomic E-state index is 12.7. The molecule has 3 saturated heterocycles. The molecule has 5 atom stereocenters. The molecule has 7 heteroatoms. The normalized spacial score (nSPS) is 40.9. The van der Waals surface area contributed by atoms with Crippen LogP contribution in [0.25, 0.3) is 0 Å². The van der Waals surface area contributed by atoms with Crippen LogP contribution in [0.2, 0.25) is 0 Å². The predicted octanol–water partition coefficient (Wildman–Crippen LogP) is 2.11. The molecule has 5 aliphatic rings. The lowest BCUT2D eigenvalue weighted by Gasteiger charge is -2.42. The fourth-order valence-corrected chi connectivity index (χ4v) is 6.61. The van der Waals surface area contributed by atoms with Crippen molar-refractivity contribution < 1.29 is 9.32 Å². The molecule has 5 fully saturated rings. The highest BCUT2D eigenvalue weighted by molar-refractivity contribution is 5.83. The minimum atomic E-state index is 0.0901. The smallest absolute Gasteiger partial charge is 0.324 e. The van der Waals surface area contributed by atoms with Gasteiger partial charge in [-0.1, -0.05) is 5.16 Å². The third kappa shape index (κ3) is 2.61. The number of rotatable bonds is 4. The molecule has 1 amide bonds. The Morgan fingerprint density at radius 3 is 2.36 bits per heavy atom. The molecule has 2 bridgehead atoms. The Bertz CT molecular complexity index is 764. The first-order valence-corrected chi connectivity index (χ1v) is 11.2. The van der Waals surface area contributed by atoms with E-state index in [4.69, 9.17) is 4.52 Å². The van der Waals surface area contributed by atoms with Gasteiger partial charge in [0.2, 0.25) is 5.91 Å². The van der Waals surface area contributed by atoms with Gasteiger partial charge in [0, 0.05) is 42.7 Å². The maximum Gasteiger partial charge on any atom is 0.324 e. The van der Waals surface area contributed by atoms with Crippen LogP contribution in [-0.4, -0.2) is 57.7 Å². The SMILES string of the molecule is Cc1noc(N2C3CCC2CC(N2C[C@@H]4[C@H](C2)[C@@H]4C(=O)NC2(C)CCC2)C3)n1. The number of likely N-dealkylation sites (tertiary alicyclic amines) is 1. The molecule has 7 nitrogen and oxygen atoms in total. The van der Waals surface area contributed by atoms with E-state index in [1.54, 1.807) is 0 Å². The van der Waals surface area contributed by atoms with Gasteiger partial charge in [-0.05, 0) is 70.6 Å². The topological polar surface area (TPSA) is 74.5 Å². The average Bonchev–Trinajstić information content (AvgIpc) is 2.94. The van der Waals surface area contributed by atoms with Crippen LogP contribution in [-0.2, 0) is 4.79 Å². The average molecular weight is 386 g/mol. The summed E-state index contributed by atoms with van der Waals surface area (Å²) in [5.74, 6) is 2.53. The zero-order chi connectivity index (χ0) is 19.0. The molecule has 1 aromatic heterocycles. The molecule has 152 valence electrons. The van der Waals surface area contributed by atoms with Crippen molar-refractivity contribution in [2.24, 2.45) is 17.8 Å². The zero-order valence-electron chi connectivity index (χ0n) is 16.9. The minimum absolute atomic E-state index is 0.0901. The van der Waals surface area contributed by atoms with Gasteiger partial charge in [-0.25, -0.2) is 0 Å². The Morgan fingerprint density at radius 1 is 1.14 bits per heavy atom. The molecular weight excluding hydrogens is 354 g/mol. The van der Waals surface area contributed by atoms with Gasteiger partial charge in [0.1, 0.15) is 0 Å². The summed E-state index contributed by atoms with van der Waals surface area (Å²) < 4.78 is 5.47. The number of hydrogen-bond acceptors (Lipinski definition) is 6. The van der Waals surface area contributed by atoms with Crippen molar-refractivity contribution in [1.29, 1.82) is 0 Å². The van der Waals surface area contributed by atoms with Gasteiger partial charge >= 0.3 is 6.01 Å². The number of aryl methyl sites for hydroxylation is 1. The molecule has 2 saturated carbocycles. The van der Waals surface area contributed by atoms with Crippen LogP contribution >= 0.6 is 0 Å². The molecule has 6 rings (SSSR count). The molecule has 1 N–H and O–H groups in total. The maximum atomic E-state index is 12.7. The molecule has 2 aliphatic carbocycles. The van der Waals surface area contributed by atoms with Crippen molar-refractivity contribution in [1.82, 2.24) is 20.4 Å². The van der Waals surface area contributed by atoms with Gasteiger partial charge in [0.05, 0.1) is 0 Å². The van der Waals surface area contributed by atoms with E-state index >= 15 is 0 Å². The van der Waals surface area contributed by atoms with Gasteiger partial charge in [-0.2, -0.15) is 4.98 Å². The van der Waals surface area contributed by atoms with Gasteiger partial charge in [-0.15, -0.1) is 0 Å². The van der Waals surface area contributed by atoms with Crippen LogP contribution in [0.1, 0.15) is 57.7 Å². The molecule has 4 heterocycles. The highest BCUT2D eigenvalue weighted by Crippen LogP contribution is 2.54. The highest BCUT2D eigenvalue weighted by Gasteiger charge is 2.61. The summed E-state index contributed by atoms with van der Waals surface area (Å²) in [7, 11) is 0. The Labute approximate surface area is 166 Å². The van der Waals surface area contributed by atoms with E-state index < -0.39 is 0 Å². The molecule has 3 aliphatic heterocycles. The van der Waals surface area contributed by atoms with E-state index in [0.29, 0.717) is 41.9 Å². The fourth-order valence-electron chi connectivity index (χ4n) is 6.61. The van der Waals surface area contributed by atoms with Crippen molar-refractivity contribution >= 4 is 11.9 Å². The molecule has 1 aromatic rings. The summed E-state index contributed by atoms with van der Waals surface area (Å²) in [5.41, 5.74) is 0.0901. The van der Waals surface area contributed by atoms with E-state index in [2.05, 4.69) is 32.2 Å². The van der Waals surface area contributed by atoms with Crippen molar-refractivity contribution in [3.63, 3.8) is 0 Å². The monoisotopic (exact) mass is 385 g/mol. The zero-order valence-corrected chi connectivity index (χ0v) is 16.9. The lowest BCUT2D eigenvalue weighted by molar-refractivity contribution is -0.126. The second kappa shape index (κ2) is 5.94. The first-order valence-electron chi connectivity index (χ1n) is 11.2. The molecule has 28 heavy (non-hydrogen) atoms. The van der Waals surface area contributed by atoms with Crippen LogP contribution in [0.5, 0.6) is 0 Å². The van der Waals surface area contributed by atoms with Crippen LogP contribution < -0.4 is 10.2 Å². The third-order valence-corrected chi connectivity index (χ3v) is 8.37. The van der Waals surface area contributed by atoms with E-state index in [-0.39, 0.29) is 11.5 Å². The standard InChI is InChI=1S/C21H31N5O2/c1-12-22-20(28-24-12)26-13-4-5-14(26)9-15(8-13)25-10-16-17(11-25)18(16)19(27)23-21(2)6-3-7-21/h13-18H,3-11H2,1-2H3,(H,23,27)/t13?,14?,15?,16-,17+,18-. The molecular formula is C21H31N5O2. The number of carbonyl (C=O) groups excluding carboxylic acids is 1. The fraction of sp³-hybridized carbons (Fsp3) is 0.857. The number of anilines is 1. The molecule has 0 aromatic carbocycles. The predicted molar refractivity (Wildman–Crippen MR) is 104 cm³/mol. The summed E-state index contributed by atoms with van der Waals surface area (Å²) in [6, 6.07) is 2.42. The number of fused-ring (bicyclic) bond motifs is 3. The number of carbonyl (C=O) groups is 1. The van der Waals surface area contributed by atoms with Crippen molar-refractivity contribution in [3.05, 3.63) is 5.82 Å². The van der Waals surface area contributed by atoms with E-state index in [0.717, 1.165) is 31.8 Å². The number of nitrogens with one attached hydrogen (secondary N) is 1. The quantitative estimate of drug-likeness (QED) is 0.856. The summed E-state index contributed by atoms with van der Waals surface area (Å²) in [5, 5.41) is 7.33. The van der Waals surface area contributed by atoms with Crippen LogP contribution in [0.15, 0.2) is 4.52 Å². The Morgan fingerprint density at radius 2 is 1.82 bits per heavy atom. The molecule has 0 radical (unpaired) electrons. The van der Waals surface area contributed by atoms with E-state index in [9.17, 15) is 4.79 Å². The highest BCUT2D eigenvalue weighted by atomic mass is 16.5. The number of nitrogens with zero attached hydrogens (tertiary/aromatic N) is 4. The number of amides is 1. The lowest BCUT2D eigenvalue weighted by atomic mass is 9.78. The third-order valence-electron chi connectivity index (χ3n) is 8.37. The van der Waals surface area contributed by atoms with Gasteiger partial charge in [0.25, 0.3) is 0 Å². The molecule has 2 unspecified atom stereocenters. The first-order chi connectivity index (χ1) is 13.5. The largest absolute Gasteiger partial charge is 0.351 e. The lowest BCUT2D eigenvalue weighted by Crippen LogP contribution is -2.53. The number of hydrogen-bond donors (Lipinski definition) is 1. The summed E-state index contributed by atoms with van der Waals surface area (Å²) in [4.78, 5) is 22.2. The second-order valence-corrected chi connectivity index (χ2v) is 10.3. The first kappa shape index (κ1) is 17.2. The van der Waals surface area contributed by atoms with E-state index in [1.165, 1.54) is 32.1 Å².